The van der Waals surface area contributed by atoms with Gasteiger partial charge in [-0.05, 0) is 31.0 Å². The van der Waals surface area contributed by atoms with E-state index in [0.717, 1.165) is 36.2 Å². The predicted molar refractivity (Wildman–Crippen MR) is 101 cm³/mol. The van der Waals surface area contributed by atoms with Gasteiger partial charge in [0.1, 0.15) is 0 Å². The van der Waals surface area contributed by atoms with E-state index < -0.39 is 0 Å². The molecule has 2 aromatic carbocycles. The van der Waals surface area contributed by atoms with E-state index in [-0.39, 0.29) is 18.1 Å². The van der Waals surface area contributed by atoms with Crippen molar-refractivity contribution < 1.29 is 4.79 Å². The van der Waals surface area contributed by atoms with Gasteiger partial charge in [0.05, 0.1) is 18.7 Å². The van der Waals surface area contributed by atoms with Gasteiger partial charge in [-0.25, -0.2) is 4.79 Å². The summed E-state index contributed by atoms with van der Waals surface area (Å²) in [5.74, 6) is 0. The Balaban J connectivity index is 1.70. The van der Waals surface area contributed by atoms with Crippen LogP contribution in [-0.2, 0) is 0 Å². The molecule has 2 aliphatic rings. The van der Waals surface area contributed by atoms with Crippen molar-refractivity contribution in [3.63, 3.8) is 0 Å². The number of carbonyl (C=O) groups is 1. The summed E-state index contributed by atoms with van der Waals surface area (Å²) in [4.78, 5) is 17.0. The number of rotatable bonds is 4. The molecule has 0 radical (unpaired) electrons. The zero-order chi connectivity index (χ0) is 17.9. The molecular formula is C21H22N4O. The van der Waals surface area contributed by atoms with Crippen LogP contribution in [0.15, 0.2) is 54.6 Å². The van der Waals surface area contributed by atoms with Gasteiger partial charge in [0.25, 0.3) is 0 Å². The van der Waals surface area contributed by atoms with Gasteiger partial charge >= 0.3 is 6.03 Å². The van der Waals surface area contributed by atoms with Crippen LogP contribution < -0.4 is 5.32 Å². The molecule has 0 aromatic heterocycles. The Hall–Kier alpha value is -2.84. The van der Waals surface area contributed by atoms with Crippen molar-refractivity contribution >= 4 is 11.7 Å². The lowest BCUT2D eigenvalue weighted by Gasteiger charge is -2.40. The second-order valence-electron chi connectivity index (χ2n) is 6.91. The topological polar surface area (TPSA) is 59.4 Å². The molecule has 5 nitrogen and oxygen atoms in total. The molecular weight excluding hydrogens is 324 g/mol. The van der Waals surface area contributed by atoms with Crippen LogP contribution in [0.4, 0.5) is 10.5 Å². The fraction of sp³-hybridized carbons (Fsp3) is 0.333. The first-order chi connectivity index (χ1) is 12.8. The van der Waals surface area contributed by atoms with Crippen LogP contribution in [0.3, 0.4) is 0 Å². The maximum Gasteiger partial charge on any atom is 0.322 e. The summed E-state index contributed by atoms with van der Waals surface area (Å²) in [6.07, 6.45) is 2.10. The molecule has 2 unspecified atom stereocenters. The number of hydrogen-bond donors (Lipinski definition) is 1. The van der Waals surface area contributed by atoms with E-state index in [9.17, 15) is 4.79 Å². The quantitative estimate of drug-likeness (QED) is 0.860. The van der Waals surface area contributed by atoms with E-state index in [1.807, 2.05) is 41.3 Å². The van der Waals surface area contributed by atoms with Crippen LogP contribution >= 0.6 is 0 Å². The van der Waals surface area contributed by atoms with Gasteiger partial charge in [-0.2, -0.15) is 5.26 Å². The minimum atomic E-state index is -0.106. The van der Waals surface area contributed by atoms with E-state index in [2.05, 4.69) is 34.5 Å². The first-order valence-corrected chi connectivity index (χ1v) is 9.10. The molecule has 4 rings (SSSR count). The number of nitrogens with zero attached hydrogens (tertiary/aromatic N) is 3. The standard InChI is InChI=1S/C21H22N4O/c22-12-14-24-13-6-9-17(24)15-25-20(16-7-2-1-3-8-16)18-10-4-5-11-19(18)23-21(25)26/h1-5,7-8,10-11,17,20H,6,9,13-15H2,(H,23,26). The summed E-state index contributed by atoms with van der Waals surface area (Å²) < 4.78 is 0. The number of carbonyl (C=O) groups excluding carboxylic acids is 1. The minimum Gasteiger partial charge on any atom is -0.312 e. The van der Waals surface area contributed by atoms with Gasteiger partial charge in [0.15, 0.2) is 0 Å². The summed E-state index contributed by atoms with van der Waals surface area (Å²) in [5.41, 5.74) is 3.10. The van der Waals surface area contributed by atoms with Gasteiger partial charge in [-0.3, -0.25) is 4.90 Å². The van der Waals surface area contributed by atoms with Gasteiger partial charge in [-0.15, -0.1) is 0 Å². The molecule has 0 saturated carbocycles. The summed E-state index contributed by atoms with van der Waals surface area (Å²) in [5, 5.41) is 12.1. The maximum atomic E-state index is 12.9. The number of urea groups is 1. The lowest BCUT2D eigenvalue weighted by molar-refractivity contribution is 0.163. The molecule has 2 amide bonds. The van der Waals surface area contributed by atoms with Crippen molar-refractivity contribution in [2.45, 2.75) is 24.9 Å². The van der Waals surface area contributed by atoms with Crippen molar-refractivity contribution in [1.82, 2.24) is 9.80 Å². The average molecular weight is 346 g/mol. The van der Waals surface area contributed by atoms with Crippen LogP contribution in [0.2, 0.25) is 0 Å². The second-order valence-corrected chi connectivity index (χ2v) is 6.91. The molecule has 1 N–H and O–H groups in total. The lowest BCUT2D eigenvalue weighted by Crippen LogP contribution is -2.49. The van der Waals surface area contributed by atoms with E-state index in [0.29, 0.717) is 13.1 Å². The molecule has 0 spiro atoms. The number of amides is 2. The molecule has 132 valence electrons. The number of likely N-dealkylation sites (tertiary alicyclic amines) is 1. The summed E-state index contributed by atoms with van der Waals surface area (Å²) in [6, 6.07) is 20.5. The van der Waals surface area contributed by atoms with E-state index in [1.54, 1.807) is 0 Å². The molecule has 5 heteroatoms. The van der Waals surface area contributed by atoms with Crippen LogP contribution in [0.25, 0.3) is 0 Å². The SMILES string of the molecule is N#CCN1CCCC1CN1C(=O)Nc2ccccc2C1c1ccccc1. The Morgan fingerprint density at radius 3 is 2.69 bits per heavy atom. The molecule has 26 heavy (non-hydrogen) atoms. The highest BCUT2D eigenvalue weighted by Gasteiger charge is 2.36. The Morgan fingerprint density at radius 2 is 1.88 bits per heavy atom. The molecule has 2 heterocycles. The highest BCUT2D eigenvalue weighted by atomic mass is 16.2. The van der Waals surface area contributed by atoms with E-state index in [4.69, 9.17) is 5.26 Å². The van der Waals surface area contributed by atoms with Gasteiger partial charge < -0.3 is 10.2 Å². The number of hydrogen-bond acceptors (Lipinski definition) is 3. The largest absolute Gasteiger partial charge is 0.322 e. The lowest BCUT2D eigenvalue weighted by atomic mass is 9.93. The number of benzene rings is 2. The molecule has 0 bridgehead atoms. The second kappa shape index (κ2) is 7.19. The summed E-state index contributed by atoms with van der Waals surface area (Å²) in [6.45, 7) is 1.98. The average Bonchev–Trinajstić information content (AvgIpc) is 3.10. The molecule has 1 saturated heterocycles. The zero-order valence-corrected chi connectivity index (χ0v) is 14.6. The van der Waals surface area contributed by atoms with Crippen molar-refractivity contribution in [3.8, 4) is 6.07 Å². The summed E-state index contributed by atoms with van der Waals surface area (Å²) >= 11 is 0. The van der Waals surface area contributed by atoms with Crippen molar-refractivity contribution in [3.05, 3.63) is 65.7 Å². The van der Waals surface area contributed by atoms with Crippen LogP contribution in [-0.4, -0.2) is 41.5 Å². The highest BCUT2D eigenvalue weighted by Crippen LogP contribution is 2.38. The maximum absolute atomic E-state index is 12.9. The molecule has 0 aliphatic carbocycles. The number of anilines is 1. The first kappa shape index (κ1) is 16.6. The predicted octanol–water partition coefficient (Wildman–Crippen LogP) is 3.61. The molecule has 2 aromatic rings. The number of fused-ring (bicyclic) bond motifs is 1. The Kier molecular flexibility index (Phi) is 4.59. The first-order valence-electron chi connectivity index (χ1n) is 9.10. The Labute approximate surface area is 153 Å². The number of para-hydroxylation sites is 1. The summed E-state index contributed by atoms with van der Waals surface area (Å²) in [7, 11) is 0. The molecule has 1 fully saturated rings. The van der Waals surface area contributed by atoms with Gasteiger partial charge in [0, 0.05) is 23.8 Å². The molecule has 2 aliphatic heterocycles. The number of nitriles is 1. The van der Waals surface area contributed by atoms with Gasteiger partial charge in [-0.1, -0.05) is 48.5 Å². The number of nitrogens with one attached hydrogen (secondary N) is 1. The third-order valence-electron chi connectivity index (χ3n) is 5.37. The van der Waals surface area contributed by atoms with E-state index in [1.165, 1.54) is 0 Å². The Morgan fingerprint density at radius 1 is 1.12 bits per heavy atom. The van der Waals surface area contributed by atoms with Crippen LogP contribution in [0.5, 0.6) is 0 Å². The Bertz CT molecular complexity index is 829. The van der Waals surface area contributed by atoms with Crippen LogP contribution in [0, 0.1) is 11.3 Å². The fourth-order valence-electron chi connectivity index (χ4n) is 4.13. The fourth-order valence-corrected chi connectivity index (χ4v) is 4.13. The van der Waals surface area contributed by atoms with Crippen LogP contribution in [0.1, 0.15) is 30.0 Å². The van der Waals surface area contributed by atoms with Crippen molar-refractivity contribution in [2.75, 3.05) is 25.0 Å². The molecule has 2 atom stereocenters. The van der Waals surface area contributed by atoms with Crippen molar-refractivity contribution in [2.24, 2.45) is 0 Å². The normalized spacial score (nSPS) is 22.6. The minimum absolute atomic E-state index is 0.0682. The smallest absolute Gasteiger partial charge is 0.312 e. The van der Waals surface area contributed by atoms with Gasteiger partial charge in [0.2, 0.25) is 0 Å². The van der Waals surface area contributed by atoms with Crippen molar-refractivity contribution in [1.29, 1.82) is 5.26 Å². The highest BCUT2D eigenvalue weighted by molar-refractivity contribution is 5.93. The monoisotopic (exact) mass is 346 g/mol. The third kappa shape index (κ3) is 3.04. The zero-order valence-electron chi connectivity index (χ0n) is 14.6. The van der Waals surface area contributed by atoms with E-state index >= 15 is 0 Å². The third-order valence-corrected chi connectivity index (χ3v) is 5.37.